The lowest BCUT2D eigenvalue weighted by Gasteiger charge is -2.07. The molecule has 5 heteroatoms. The van der Waals surface area contributed by atoms with Crippen LogP contribution in [0, 0.1) is 0 Å². The van der Waals surface area contributed by atoms with Crippen molar-refractivity contribution < 1.29 is 9.59 Å². The zero-order valence-electron chi connectivity index (χ0n) is 4.30. The van der Waals surface area contributed by atoms with Crippen LogP contribution in [0.25, 0.3) is 0 Å². The van der Waals surface area contributed by atoms with E-state index in [1.54, 1.807) is 0 Å². The van der Waals surface area contributed by atoms with Crippen LogP contribution in [-0.4, -0.2) is 22.7 Å². The fourth-order valence-corrected chi connectivity index (χ4v) is 0.631. The average Bonchev–Trinajstić information content (AvgIpc) is 1.83. The lowest BCUT2D eigenvalue weighted by molar-refractivity contribution is -0.125. The van der Waals surface area contributed by atoms with Gasteiger partial charge in [-0.2, -0.15) is 5.10 Å². The zero-order valence-corrected chi connectivity index (χ0v) is 5.88. The van der Waals surface area contributed by atoms with Gasteiger partial charge >= 0.3 is 0 Å². The maximum atomic E-state index is 10.5. The largest absolute Gasteiger partial charge is 0.291 e. The normalized spacial score (nSPS) is 26.1. The number of alkyl halides is 1. The van der Waals surface area contributed by atoms with Gasteiger partial charge in [-0.25, -0.2) is 5.43 Å². The third-order valence-corrected chi connectivity index (χ3v) is 1.71. The first-order valence-electron chi connectivity index (χ1n) is 2.22. The Balaban J connectivity index is 2.81. The first-order valence-corrected chi connectivity index (χ1v) is 3.14. The summed E-state index contributed by atoms with van der Waals surface area (Å²) < 4.78 is 0. The molecule has 0 aromatic carbocycles. The second-order valence-corrected chi connectivity index (χ2v) is 2.41. The Hall–Kier alpha value is -0.710. The molecule has 9 heavy (non-hydrogen) atoms. The SMILES string of the molecule is O=C1C=NNC(=O)C1Br. The molecule has 1 aliphatic heterocycles. The predicted molar refractivity (Wildman–Crippen MR) is 34.4 cm³/mol. The average molecular weight is 191 g/mol. The molecule has 1 N–H and O–H groups in total. The van der Waals surface area contributed by atoms with E-state index in [1.165, 1.54) is 0 Å². The highest BCUT2D eigenvalue weighted by Crippen LogP contribution is 2.02. The van der Waals surface area contributed by atoms with Gasteiger partial charge in [-0.3, -0.25) is 9.59 Å². The summed E-state index contributed by atoms with van der Waals surface area (Å²) in [6.07, 6.45) is 1.07. The molecule has 1 aliphatic rings. The number of nitrogens with one attached hydrogen (secondary N) is 1. The van der Waals surface area contributed by atoms with Crippen LogP contribution in [0.3, 0.4) is 0 Å². The van der Waals surface area contributed by atoms with Crippen molar-refractivity contribution in [1.82, 2.24) is 5.43 Å². The monoisotopic (exact) mass is 190 g/mol. The molecule has 0 saturated heterocycles. The number of rotatable bonds is 0. The summed E-state index contributed by atoms with van der Waals surface area (Å²) in [5.74, 6) is -0.735. The number of nitrogens with zero attached hydrogens (tertiary/aromatic N) is 1. The number of Topliss-reactive ketones (excluding diaryl/α,β-unsaturated/α-hetero) is 1. The fourth-order valence-electron chi connectivity index (χ4n) is 0.411. The standard InChI is InChI=1S/C4H3BrN2O2/c5-3-2(8)1-6-7-4(3)9/h1,3H,(H,7,9). The number of amides is 1. The van der Waals surface area contributed by atoms with E-state index in [9.17, 15) is 9.59 Å². The highest BCUT2D eigenvalue weighted by atomic mass is 79.9. The molecule has 1 unspecified atom stereocenters. The number of halogens is 1. The molecular weight excluding hydrogens is 188 g/mol. The summed E-state index contributed by atoms with van der Waals surface area (Å²) in [4.78, 5) is 20.3. The molecule has 1 amide bonds. The molecule has 0 spiro atoms. The van der Waals surface area contributed by atoms with Gasteiger partial charge in [0, 0.05) is 0 Å². The molecule has 0 aromatic rings. The lowest BCUT2D eigenvalue weighted by atomic mass is 10.3. The number of carbonyl (C=O) groups excluding carboxylic acids is 2. The van der Waals surface area contributed by atoms with Crippen molar-refractivity contribution in [3.63, 3.8) is 0 Å². The summed E-state index contributed by atoms with van der Waals surface area (Å²) in [6, 6.07) is 0. The van der Waals surface area contributed by atoms with Crippen molar-refractivity contribution in [2.75, 3.05) is 0 Å². The van der Waals surface area contributed by atoms with Crippen molar-refractivity contribution in [3.05, 3.63) is 0 Å². The smallest absolute Gasteiger partial charge is 0.261 e. The van der Waals surface area contributed by atoms with Gasteiger partial charge in [-0.1, -0.05) is 15.9 Å². The van der Waals surface area contributed by atoms with Crippen LogP contribution < -0.4 is 5.43 Å². The third kappa shape index (κ3) is 1.16. The van der Waals surface area contributed by atoms with Crippen LogP contribution in [-0.2, 0) is 9.59 Å². The van der Waals surface area contributed by atoms with Crippen LogP contribution in [0.4, 0.5) is 0 Å². The van der Waals surface area contributed by atoms with Gasteiger partial charge in [0.25, 0.3) is 5.91 Å². The Kier molecular flexibility index (Phi) is 1.61. The lowest BCUT2D eigenvalue weighted by Crippen LogP contribution is -2.38. The molecule has 0 radical (unpaired) electrons. The second kappa shape index (κ2) is 2.26. The van der Waals surface area contributed by atoms with Gasteiger partial charge in [0.05, 0.1) is 6.21 Å². The van der Waals surface area contributed by atoms with Crippen LogP contribution in [0.2, 0.25) is 0 Å². The topological polar surface area (TPSA) is 58.5 Å². The van der Waals surface area contributed by atoms with Crippen LogP contribution >= 0.6 is 15.9 Å². The van der Waals surface area contributed by atoms with Gasteiger partial charge < -0.3 is 0 Å². The molecule has 0 aliphatic carbocycles. The number of ketones is 1. The van der Waals surface area contributed by atoms with Crippen molar-refractivity contribution >= 4 is 33.8 Å². The first-order chi connectivity index (χ1) is 4.22. The van der Waals surface area contributed by atoms with Crippen molar-refractivity contribution in [1.29, 1.82) is 0 Å². The highest BCUT2D eigenvalue weighted by Gasteiger charge is 2.24. The van der Waals surface area contributed by atoms with Crippen molar-refractivity contribution in [2.24, 2.45) is 5.10 Å². The maximum absolute atomic E-state index is 10.5. The fraction of sp³-hybridized carbons (Fsp3) is 0.250. The Bertz CT molecular complexity index is 189. The molecule has 0 aromatic heterocycles. The number of hydrogen-bond donors (Lipinski definition) is 1. The molecule has 1 atom stereocenters. The summed E-state index contributed by atoms with van der Waals surface area (Å²) in [7, 11) is 0. The Morgan fingerprint density at radius 3 is 2.78 bits per heavy atom. The van der Waals surface area contributed by atoms with Gasteiger partial charge in [0.15, 0.2) is 10.6 Å². The van der Waals surface area contributed by atoms with E-state index >= 15 is 0 Å². The van der Waals surface area contributed by atoms with Gasteiger partial charge in [0.1, 0.15) is 0 Å². The Morgan fingerprint density at radius 1 is 1.67 bits per heavy atom. The molecule has 1 rings (SSSR count). The van der Waals surface area contributed by atoms with Crippen LogP contribution in [0.5, 0.6) is 0 Å². The predicted octanol–water partition coefficient (Wildman–Crippen LogP) is -0.565. The van der Waals surface area contributed by atoms with E-state index in [4.69, 9.17) is 0 Å². The first kappa shape index (κ1) is 6.41. The molecule has 4 nitrogen and oxygen atoms in total. The molecule has 0 bridgehead atoms. The zero-order chi connectivity index (χ0) is 6.85. The second-order valence-electron chi connectivity index (χ2n) is 1.50. The van der Waals surface area contributed by atoms with Crippen LogP contribution in [0.1, 0.15) is 0 Å². The van der Waals surface area contributed by atoms with E-state index < -0.39 is 10.7 Å². The van der Waals surface area contributed by atoms with E-state index in [2.05, 4.69) is 26.5 Å². The minimum absolute atomic E-state index is 0.321. The quantitative estimate of drug-likeness (QED) is 0.411. The van der Waals surface area contributed by atoms with Crippen LogP contribution in [0.15, 0.2) is 5.10 Å². The molecule has 48 valence electrons. The number of carbonyl (C=O) groups is 2. The number of hydrazone groups is 1. The molecule has 0 saturated carbocycles. The van der Waals surface area contributed by atoms with E-state index in [1.807, 2.05) is 0 Å². The van der Waals surface area contributed by atoms with Gasteiger partial charge in [0.2, 0.25) is 0 Å². The van der Waals surface area contributed by atoms with E-state index in [0.717, 1.165) is 6.21 Å². The third-order valence-electron chi connectivity index (χ3n) is 0.847. The van der Waals surface area contributed by atoms with E-state index in [0.29, 0.717) is 0 Å². The maximum Gasteiger partial charge on any atom is 0.261 e. The van der Waals surface area contributed by atoms with Gasteiger partial charge in [-0.15, -0.1) is 0 Å². The summed E-state index contributed by atoms with van der Waals surface area (Å²) in [5, 5.41) is 3.29. The van der Waals surface area contributed by atoms with Crippen molar-refractivity contribution in [3.8, 4) is 0 Å². The summed E-state index contributed by atoms with van der Waals surface area (Å²) in [5.41, 5.74) is 2.12. The molecule has 1 heterocycles. The molecular formula is C4H3BrN2O2. The van der Waals surface area contributed by atoms with Crippen molar-refractivity contribution in [2.45, 2.75) is 4.83 Å². The summed E-state index contributed by atoms with van der Waals surface area (Å²) >= 11 is 2.87. The van der Waals surface area contributed by atoms with E-state index in [-0.39, 0.29) is 5.78 Å². The minimum Gasteiger partial charge on any atom is -0.291 e. The Morgan fingerprint density at radius 2 is 2.33 bits per heavy atom. The number of hydrogen-bond acceptors (Lipinski definition) is 3. The minimum atomic E-state index is -0.755. The Labute approximate surface area is 59.4 Å². The van der Waals surface area contributed by atoms with Gasteiger partial charge in [-0.05, 0) is 0 Å². The molecule has 0 fully saturated rings. The summed E-state index contributed by atoms with van der Waals surface area (Å²) in [6.45, 7) is 0. The highest BCUT2D eigenvalue weighted by molar-refractivity contribution is 9.10.